The van der Waals surface area contributed by atoms with E-state index in [-0.39, 0.29) is 5.91 Å². The molecule has 2 rings (SSSR count). The minimum Gasteiger partial charge on any atom is -0.325 e. The Morgan fingerprint density at radius 1 is 1.33 bits per heavy atom. The summed E-state index contributed by atoms with van der Waals surface area (Å²) in [6.07, 6.45) is 1.58. The summed E-state index contributed by atoms with van der Waals surface area (Å²) in [5.41, 5.74) is 6.94. The van der Waals surface area contributed by atoms with Gasteiger partial charge in [0.05, 0.1) is 17.8 Å². The molecule has 98 valence electrons. The van der Waals surface area contributed by atoms with E-state index < -0.39 is 0 Å². The standard InChI is InChI=1S/C10H10BrN3O.C3H8/c11-7-1-3-9(4-2-7)14-10(15)5-8(6-12)13-14;1-3-2/h1-4H,5-6,12H2;3H2,1-2H3. The van der Waals surface area contributed by atoms with Gasteiger partial charge in [-0.1, -0.05) is 36.2 Å². The van der Waals surface area contributed by atoms with Gasteiger partial charge in [0, 0.05) is 11.0 Å². The summed E-state index contributed by atoms with van der Waals surface area (Å²) in [7, 11) is 0. The zero-order valence-electron chi connectivity index (χ0n) is 10.7. The molecule has 0 aliphatic carbocycles. The van der Waals surface area contributed by atoms with Gasteiger partial charge >= 0.3 is 0 Å². The molecule has 0 radical (unpaired) electrons. The lowest BCUT2D eigenvalue weighted by atomic mass is 10.2. The number of hydrogen-bond donors (Lipinski definition) is 1. The van der Waals surface area contributed by atoms with Gasteiger partial charge in [0.15, 0.2) is 0 Å². The van der Waals surface area contributed by atoms with Crippen LogP contribution in [0.4, 0.5) is 5.69 Å². The van der Waals surface area contributed by atoms with Crippen LogP contribution in [-0.4, -0.2) is 18.2 Å². The molecule has 0 aromatic heterocycles. The molecule has 18 heavy (non-hydrogen) atoms. The summed E-state index contributed by atoms with van der Waals surface area (Å²) in [5, 5.41) is 5.55. The van der Waals surface area contributed by atoms with Gasteiger partial charge in [-0.25, -0.2) is 5.01 Å². The number of hydrogen-bond acceptors (Lipinski definition) is 3. The van der Waals surface area contributed by atoms with Gasteiger partial charge in [-0.15, -0.1) is 0 Å². The van der Waals surface area contributed by atoms with Gasteiger partial charge in [-0.05, 0) is 24.3 Å². The van der Waals surface area contributed by atoms with E-state index >= 15 is 0 Å². The third-order valence-electron chi connectivity index (χ3n) is 2.14. The molecule has 0 saturated heterocycles. The lowest BCUT2D eigenvalue weighted by Crippen LogP contribution is -2.19. The fraction of sp³-hybridized carbons (Fsp3) is 0.385. The maximum Gasteiger partial charge on any atom is 0.253 e. The number of carbonyl (C=O) groups is 1. The lowest BCUT2D eigenvalue weighted by Gasteiger charge is -2.11. The normalized spacial score (nSPS) is 14.1. The number of nitrogens with zero attached hydrogens (tertiary/aromatic N) is 2. The van der Waals surface area contributed by atoms with E-state index in [1.165, 1.54) is 11.4 Å². The van der Waals surface area contributed by atoms with Crippen LogP contribution in [0.3, 0.4) is 0 Å². The van der Waals surface area contributed by atoms with Crippen molar-refractivity contribution in [3.8, 4) is 0 Å². The van der Waals surface area contributed by atoms with Crippen molar-refractivity contribution in [3.63, 3.8) is 0 Å². The largest absolute Gasteiger partial charge is 0.325 e. The quantitative estimate of drug-likeness (QED) is 0.913. The van der Waals surface area contributed by atoms with E-state index in [1.807, 2.05) is 24.3 Å². The summed E-state index contributed by atoms with van der Waals surface area (Å²) in [5.74, 6) is -0.0298. The van der Waals surface area contributed by atoms with Gasteiger partial charge in [0.1, 0.15) is 0 Å². The predicted octanol–water partition coefficient (Wildman–Crippen LogP) is 2.92. The highest BCUT2D eigenvalue weighted by Crippen LogP contribution is 2.22. The van der Waals surface area contributed by atoms with Crippen LogP contribution in [0.25, 0.3) is 0 Å². The van der Waals surface area contributed by atoms with Crippen LogP contribution < -0.4 is 10.7 Å². The molecule has 0 saturated carbocycles. The van der Waals surface area contributed by atoms with Gasteiger partial charge < -0.3 is 5.73 Å². The molecule has 0 atom stereocenters. The first-order valence-corrected chi connectivity index (χ1v) is 6.76. The van der Waals surface area contributed by atoms with Crippen LogP contribution >= 0.6 is 15.9 Å². The molecule has 4 nitrogen and oxygen atoms in total. The fourth-order valence-electron chi connectivity index (χ4n) is 1.38. The Hall–Kier alpha value is -1.20. The number of rotatable bonds is 2. The van der Waals surface area contributed by atoms with Crippen molar-refractivity contribution in [2.45, 2.75) is 26.7 Å². The molecule has 1 amide bonds. The number of benzene rings is 1. The summed E-state index contributed by atoms with van der Waals surface area (Å²) in [6.45, 7) is 4.58. The summed E-state index contributed by atoms with van der Waals surface area (Å²) < 4.78 is 0.973. The Balaban J connectivity index is 0.000000492. The smallest absolute Gasteiger partial charge is 0.253 e. The van der Waals surface area contributed by atoms with E-state index in [9.17, 15) is 4.79 Å². The van der Waals surface area contributed by atoms with Crippen molar-refractivity contribution in [1.29, 1.82) is 0 Å². The Kier molecular flexibility index (Phi) is 6.01. The minimum absolute atomic E-state index is 0.0298. The molecule has 1 aliphatic rings. The molecule has 1 aromatic carbocycles. The first kappa shape index (κ1) is 14.9. The van der Waals surface area contributed by atoms with Crippen molar-refractivity contribution in [2.75, 3.05) is 11.6 Å². The van der Waals surface area contributed by atoms with Crippen molar-refractivity contribution >= 4 is 33.2 Å². The molecule has 0 spiro atoms. The molecule has 1 heterocycles. The van der Waals surface area contributed by atoms with Crippen LogP contribution in [0.2, 0.25) is 0 Å². The molecule has 1 aliphatic heterocycles. The number of nitrogens with two attached hydrogens (primary N) is 1. The summed E-state index contributed by atoms with van der Waals surface area (Å²) in [6, 6.07) is 7.42. The number of hydrazone groups is 1. The first-order chi connectivity index (χ1) is 8.62. The van der Waals surface area contributed by atoms with Gasteiger partial charge in [-0.3, -0.25) is 4.79 Å². The number of anilines is 1. The molecule has 5 heteroatoms. The maximum atomic E-state index is 11.6. The molecule has 2 N–H and O–H groups in total. The summed E-state index contributed by atoms with van der Waals surface area (Å²) >= 11 is 3.34. The third-order valence-corrected chi connectivity index (χ3v) is 2.67. The van der Waals surface area contributed by atoms with Crippen LogP contribution in [0.5, 0.6) is 0 Å². The zero-order chi connectivity index (χ0) is 13.5. The topological polar surface area (TPSA) is 58.7 Å². The average Bonchev–Trinajstić information content (AvgIpc) is 2.73. The molecular weight excluding hydrogens is 294 g/mol. The Morgan fingerprint density at radius 3 is 2.33 bits per heavy atom. The predicted molar refractivity (Wildman–Crippen MR) is 78.7 cm³/mol. The Labute approximate surface area is 116 Å². The van der Waals surface area contributed by atoms with Gasteiger partial charge in [-0.2, -0.15) is 5.10 Å². The summed E-state index contributed by atoms with van der Waals surface area (Å²) in [4.78, 5) is 11.6. The maximum absolute atomic E-state index is 11.6. The minimum atomic E-state index is -0.0298. The molecule has 0 unspecified atom stereocenters. The second-order valence-electron chi connectivity index (χ2n) is 3.94. The van der Waals surface area contributed by atoms with E-state index in [2.05, 4.69) is 34.9 Å². The Morgan fingerprint density at radius 2 is 1.89 bits per heavy atom. The molecule has 0 fully saturated rings. The van der Waals surface area contributed by atoms with Crippen molar-refractivity contribution in [1.82, 2.24) is 0 Å². The van der Waals surface area contributed by atoms with Crippen LogP contribution in [0.1, 0.15) is 26.7 Å². The van der Waals surface area contributed by atoms with Crippen molar-refractivity contribution in [2.24, 2.45) is 10.8 Å². The van der Waals surface area contributed by atoms with E-state index in [0.29, 0.717) is 13.0 Å². The number of amides is 1. The van der Waals surface area contributed by atoms with E-state index in [4.69, 9.17) is 5.73 Å². The third kappa shape index (κ3) is 3.92. The van der Waals surface area contributed by atoms with Crippen molar-refractivity contribution < 1.29 is 4.79 Å². The highest BCUT2D eigenvalue weighted by molar-refractivity contribution is 9.10. The van der Waals surface area contributed by atoms with E-state index in [1.54, 1.807) is 0 Å². The second kappa shape index (κ2) is 7.28. The molecular formula is C13H18BrN3O. The fourth-order valence-corrected chi connectivity index (χ4v) is 1.64. The molecule has 0 bridgehead atoms. The lowest BCUT2D eigenvalue weighted by molar-refractivity contribution is -0.116. The highest BCUT2D eigenvalue weighted by atomic mass is 79.9. The zero-order valence-corrected chi connectivity index (χ0v) is 12.3. The monoisotopic (exact) mass is 311 g/mol. The first-order valence-electron chi connectivity index (χ1n) is 5.97. The second-order valence-corrected chi connectivity index (χ2v) is 4.85. The van der Waals surface area contributed by atoms with Gasteiger partial charge in [0.2, 0.25) is 0 Å². The van der Waals surface area contributed by atoms with Crippen molar-refractivity contribution in [3.05, 3.63) is 28.7 Å². The average molecular weight is 312 g/mol. The van der Waals surface area contributed by atoms with Crippen LogP contribution in [0, 0.1) is 0 Å². The van der Waals surface area contributed by atoms with E-state index in [0.717, 1.165) is 15.9 Å². The highest BCUT2D eigenvalue weighted by Gasteiger charge is 2.23. The van der Waals surface area contributed by atoms with Crippen LogP contribution in [0.15, 0.2) is 33.8 Å². The van der Waals surface area contributed by atoms with Crippen LogP contribution in [-0.2, 0) is 4.79 Å². The molecule has 1 aromatic rings. The van der Waals surface area contributed by atoms with Gasteiger partial charge in [0.25, 0.3) is 5.91 Å². The Bertz CT molecular complexity index is 428. The number of carbonyl (C=O) groups excluding carboxylic acids is 1. The number of halogens is 1. The SMILES string of the molecule is CCC.NCC1=NN(c2ccc(Br)cc2)C(=O)C1.